The second-order valence-electron chi connectivity index (χ2n) is 5.67. The number of anilines is 1. The number of nitrogens with one attached hydrogen (secondary N) is 1. The van der Waals surface area contributed by atoms with Gasteiger partial charge < -0.3 is 11.1 Å². The summed E-state index contributed by atoms with van der Waals surface area (Å²) < 4.78 is 1.84. The first-order valence-corrected chi connectivity index (χ1v) is 6.91. The van der Waals surface area contributed by atoms with E-state index < -0.39 is 0 Å². The van der Waals surface area contributed by atoms with Gasteiger partial charge in [0.15, 0.2) is 0 Å². The van der Waals surface area contributed by atoms with E-state index in [0.717, 1.165) is 23.6 Å². The molecule has 100 valence electrons. The van der Waals surface area contributed by atoms with Crippen LogP contribution < -0.4 is 11.1 Å². The molecule has 1 aliphatic carbocycles. The van der Waals surface area contributed by atoms with Crippen LogP contribution in [0, 0.1) is 12.3 Å². The van der Waals surface area contributed by atoms with Gasteiger partial charge in [-0.1, -0.05) is 32.0 Å². The number of hydrogen-bond acceptors (Lipinski definition) is 3. The number of aryl methyl sites for hydroxylation is 2. The zero-order valence-corrected chi connectivity index (χ0v) is 12.2. The molecule has 1 saturated carbocycles. The first-order valence-electron chi connectivity index (χ1n) is 6.50. The van der Waals surface area contributed by atoms with Crippen molar-refractivity contribution in [1.29, 1.82) is 0 Å². The fraction of sp³-hybridized carbons (Fsp3) is 0.692. The van der Waals surface area contributed by atoms with Crippen molar-refractivity contribution in [2.75, 3.05) is 11.9 Å². The third kappa shape index (κ3) is 2.51. The molecular formula is C13H22N4S. The summed E-state index contributed by atoms with van der Waals surface area (Å²) in [7, 11) is 1.92. The SMILES string of the molecule is Cc1nn(C)c(NCC2(C)CCCC2)c1C(N)=S. The van der Waals surface area contributed by atoms with E-state index in [-0.39, 0.29) is 0 Å². The minimum atomic E-state index is 0.395. The number of nitrogens with two attached hydrogens (primary N) is 1. The molecule has 1 aliphatic rings. The van der Waals surface area contributed by atoms with Crippen LogP contribution in [0.1, 0.15) is 43.9 Å². The van der Waals surface area contributed by atoms with Crippen LogP contribution >= 0.6 is 12.2 Å². The van der Waals surface area contributed by atoms with Crippen molar-refractivity contribution in [1.82, 2.24) is 9.78 Å². The van der Waals surface area contributed by atoms with Gasteiger partial charge in [0.25, 0.3) is 0 Å². The monoisotopic (exact) mass is 266 g/mol. The third-order valence-electron chi connectivity index (χ3n) is 3.96. The number of aromatic nitrogens is 2. The molecule has 1 heterocycles. The highest BCUT2D eigenvalue weighted by Gasteiger charge is 2.29. The van der Waals surface area contributed by atoms with Gasteiger partial charge in [-0.05, 0) is 25.2 Å². The van der Waals surface area contributed by atoms with Crippen LogP contribution in [0.5, 0.6) is 0 Å². The summed E-state index contributed by atoms with van der Waals surface area (Å²) in [5.74, 6) is 0.952. The zero-order chi connectivity index (χ0) is 13.3. The number of hydrogen-bond donors (Lipinski definition) is 2. The summed E-state index contributed by atoms with van der Waals surface area (Å²) >= 11 is 5.11. The van der Waals surface area contributed by atoms with Crippen LogP contribution in [-0.2, 0) is 7.05 Å². The standard InChI is InChI=1S/C13H22N4S/c1-9-10(11(14)18)12(17(3)16-9)15-8-13(2)6-4-5-7-13/h15H,4-8H2,1-3H3,(H2,14,18). The van der Waals surface area contributed by atoms with Crippen LogP contribution in [0.2, 0.25) is 0 Å². The van der Waals surface area contributed by atoms with E-state index in [1.54, 1.807) is 0 Å². The molecule has 1 fully saturated rings. The van der Waals surface area contributed by atoms with Crippen molar-refractivity contribution >= 4 is 23.0 Å². The second-order valence-corrected chi connectivity index (χ2v) is 6.11. The lowest BCUT2D eigenvalue weighted by atomic mass is 9.89. The largest absolute Gasteiger partial charge is 0.389 e. The molecular weight excluding hydrogens is 244 g/mol. The van der Waals surface area contributed by atoms with Gasteiger partial charge in [0.05, 0.1) is 11.3 Å². The number of nitrogens with zero attached hydrogens (tertiary/aromatic N) is 2. The number of rotatable bonds is 4. The lowest BCUT2D eigenvalue weighted by Crippen LogP contribution is -2.25. The molecule has 1 aromatic rings. The summed E-state index contributed by atoms with van der Waals surface area (Å²) in [5.41, 5.74) is 7.95. The Hall–Kier alpha value is -1.10. The summed E-state index contributed by atoms with van der Waals surface area (Å²) in [4.78, 5) is 0.416. The lowest BCUT2D eigenvalue weighted by molar-refractivity contribution is 0.361. The Morgan fingerprint density at radius 3 is 2.67 bits per heavy atom. The summed E-state index contributed by atoms with van der Waals surface area (Å²) in [5, 5.41) is 7.89. The van der Waals surface area contributed by atoms with Gasteiger partial charge in [0.2, 0.25) is 0 Å². The van der Waals surface area contributed by atoms with Crippen LogP contribution in [0.25, 0.3) is 0 Å². The van der Waals surface area contributed by atoms with Crippen LogP contribution in [0.4, 0.5) is 5.82 Å². The highest BCUT2D eigenvalue weighted by atomic mass is 32.1. The van der Waals surface area contributed by atoms with Crippen molar-refractivity contribution in [3.05, 3.63) is 11.3 Å². The Kier molecular flexibility index (Phi) is 3.61. The lowest BCUT2D eigenvalue weighted by Gasteiger charge is -2.24. The molecule has 0 amide bonds. The van der Waals surface area contributed by atoms with E-state index in [1.165, 1.54) is 25.7 Å². The Morgan fingerprint density at radius 2 is 2.11 bits per heavy atom. The van der Waals surface area contributed by atoms with Crippen molar-refractivity contribution < 1.29 is 0 Å². The molecule has 5 heteroatoms. The minimum Gasteiger partial charge on any atom is -0.389 e. The molecule has 0 saturated heterocycles. The van der Waals surface area contributed by atoms with Gasteiger partial charge in [0.1, 0.15) is 10.8 Å². The van der Waals surface area contributed by atoms with Crippen molar-refractivity contribution in [2.45, 2.75) is 39.5 Å². The zero-order valence-electron chi connectivity index (χ0n) is 11.4. The quantitative estimate of drug-likeness (QED) is 0.821. The average Bonchev–Trinajstić information content (AvgIpc) is 2.81. The Labute approximate surface area is 114 Å². The van der Waals surface area contributed by atoms with Crippen LogP contribution in [0.3, 0.4) is 0 Å². The van der Waals surface area contributed by atoms with Gasteiger partial charge in [0, 0.05) is 13.6 Å². The summed E-state index contributed by atoms with van der Waals surface area (Å²) in [6.45, 7) is 5.25. The molecule has 0 aliphatic heterocycles. The first-order chi connectivity index (χ1) is 8.43. The van der Waals surface area contributed by atoms with Gasteiger partial charge in [-0.2, -0.15) is 5.10 Å². The number of thiocarbonyl (C=S) groups is 1. The van der Waals surface area contributed by atoms with Crippen molar-refractivity contribution in [2.24, 2.45) is 18.2 Å². The molecule has 18 heavy (non-hydrogen) atoms. The summed E-state index contributed by atoms with van der Waals surface area (Å²) in [6.07, 6.45) is 5.26. The van der Waals surface area contributed by atoms with Gasteiger partial charge >= 0.3 is 0 Å². The van der Waals surface area contributed by atoms with E-state index in [4.69, 9.17) is 18.0 Å². The summed E-state index contributed by atoms with van der Waals surface area (Å²) in [6, 6.07) is 0. The van der Waals surface area contributed by atoms with E-state index in [2.05, 4.69) is 17.3 Å². The molecule has 2 rings (SSSR count). The second kappa shape index (κ2) is 4.88. The maximum atomic E-state index is 5.78. The average molecular weight is 266 g/mol. The molecule has 1 aromatic heterocycles. The van der Waals surface area contributed by atoms with E-state index in [0.29, 0.717) is 10.4 Å². The first kappa shape index (κ1) is 13.3. The molecule has 0 unspecified atom stereocenters. The van der Waals surface area contributed by atoms with E-state index in [9.17, 15) is 0 Å². The molecule has 0 aromatic carbocycles. The fourth-order valence-corrected chi connectivity index (χ4v) is 3.10. The van der Waals surface area contributed by atoms with Gasteiger partial charge in [-0.25, -0.2) is 0 Å². The molecule has 0 spiro atoms. The normalized spacial score (nSPS) is 17.9. The third-order valence-corrected chi connectivity index (χ3v) is 4.17. The highest BCUT2D eigenvalue weighted by Crippen LogP contribution is 2.37. The van der Waals surface area contributed by atoms with Gasteiger partial charge in [-0.15, -0.1) is 0 Å². The molecule has 3 N–H and O–H groups in total. The van der Waals surface area contributed by atoms with E-state index in [1.807, 2.05) is 18.7 Å². The van der Waals surface area contributed by atoms with Crippen molar-refractivity contribution in [3.8, 4) is 0 Å². The smallest absolute Gasteiger partial charge is 0.134 e. The molecule has 0 atom stereocenters. The fourth-order valence-electron chi connectivity index (χ4n) is 2.86. The maximum Gasteiger partial charge on any atom is 0.134 e. The van der Waals surface area contributed by atoms with Crippen LogP contribution in [-0.4, -0.2) is 21.3 Å². The maximum absolute atomic E-state index is 5.78. The Balaban J connectivity index is 2.16. The van der Waals surface area contributed by atoms with Gasteiger partial charge in [-0.3, -0.25) is 4.68 Å². The molecule has 4 nitrogen and oxygen atoms in total. The van der Waals surface area contributed by atoms with Crippen molar-refractivity contribution in [3.63, 3.8) is 0 Å². The molecule has 0 bridgehead atoms. The molecule has 0 radical (unpaired) electrons. The minimum absolute atomic E-state index is 0.395. The highest BCUT2D eigenvalue weighted by molar-refractivity contribution is 7.80. The predicted octanol–water partition coefficient (Wildman–Crippen LogP) is 2.35. The predicted molar refractivity (Wildman–Crippen MR) is 78.9 cm³/mol. The van der Waals surface area contributed by atoms with Crippen LogP contribution in [0.15, 0.2) is 0 Å². The Morgan fingerprint density at radius 1 is 1.50 bits per heavy atom. The Bertz CT molecular complexity index is 458. The van der Waals surface area contributed by atoms with E-state index >= 15 is 0 Å². The topological polar surface area (TPSA) is 55.9 Å².